The fraction of sp³-hybridized carbons (Fsp3) is 1.00. The van der Waals surface area contributed by atoms with Crippen molar-refractivity contribution >= 4 is 0 Å². The first-order chi connectivity index (χ1) is 6.47. The van der Waals surface area contributed by atoms with E-state index in [9.17, 15) is 5.11 Å². The molecule has 0 atom stereocenters. The van der Waals surface area contributed by atoms with E-state index >= 15 is 0 Å². The molecule has 1 rings (SSSR count). The highest BCUT2D eigenvalue weighted by atomic mass is 16.3. The molecule has 0 heterocycles. The van der Waals surface area contributed by atoms with Crippen LogP contribution < -0.4 is 0 Å². The van der Waals surface area contributed by atoms with Gasteiger partial charge in [-0.3, -0.25) is 0 Å². The molecule has 82 valence electrons. The van der Waals surface area contributed by atoms with Crippen molar-refractivity contribution < 1.29 is 5.11 Å². The summed E-state index contributed by atoms with van der Waals surface area (Å²) in [5.74, 6) is 0. The largest absolute Gasteiger partial charge is 0.368 e. The summed E-state index contributed by atoms with van der Waals surface area (Å²) in [6, 6.07) is 0. The van der Waals surface area contributed by atoms with E-state index in [1.807, 2.05) is 13.8 Å². The van der Waals surface area contributed by atoms with E-state index in [0.717, 1.165) is 32.1 Å². The molecule has 1 aliphatic rings. The molecule has 0 aromatic heterocycles. The molecule has 0 unspecified atom stereocenters. The highest BCUT2D eigenvalue weighted by Crippen LogP contribution is 2.30. The summed E-state index contributed by atoms with van der Waals surface area (Å²) in [4.78, 5) is 0. The second-order valence-electron chi connectivity index (χ2n) is 4.91. The number of azo groups is 1. The predicted molar refractivity (Wildman–Crippen MR) is 57.3 cm³/mol. The van der Waals surface area contributed by atoms with Crippen molar-refractivity contribution in [2.24, 2.45) is 10.2 Å². The molecule has 0 spiro atoms. The molecule has 1 fully saturated rings. The zero-order chi connectivity index (χ0) is 10.7. The lowest BCUT2D eigenvalue weighted by Crippen LogP contribution is -2.29. The van der Waals surface area contributed by atoms with Crippen LogP contribution in [0.15, 0.2) is 10.2 Å². The van der Waals surface area contributed by atoms with Gasteiger partial charge in [-0.1, -0.05) is 13.3 Å². The van der Waals surface area contributed by atoms with Gasteiger partial charge in [0.1, 0.15) is 0 Å². The third-order valence-electron chi connectivity index (χ3n) is 3.03. The predicted octanol–water partition coefficient (Wildman–Crippen LogP) is 3.28. The molecule has 0 bridgehead atoms. The lowest BCUT2D eigenvalue weighted by Gasteiger charge is -2.28. The maximum atomic E-state index is 10.1. The first kappa shape index (κ1) is 11.6. The lowest BCUT2D eigenvalue weighted by molar-refractivity contribution is 0.00301. The first-order valence-electron chi connectivity index (χ1n) is 5.64. The zero-order valence-corrected chi connectivity index (χ0v) is 9.58. The molecular weight excluding hydrogens is 176 g/mol. The van der Waals surface area contributed by atoms with Gasteiger partial charge in [-0.15, -0.1) is 0 Å². The van der Waals surface area contributed by atoms with E-state index in [1.54, 1.807) is 0 Å². The summed E-state index contributed by atoms with van der Waals surface area (Å²) in [7, 11) is 0. The van der Waals surface area contributed by atoms with Crippen molar-refractivity contribution in [2.75, 3.05) is 0 Å². The van der Waals surface area contributed by atoms with Gasteiger partial charge < -0.3 is 5.11 Å². The molecule has 3 heteroatoms. The lowest BCUT2D eigenvalue weighted by atomic mass is 9.92. The van der Waals surface area contributed by atoms with Crippen LogP contribution in [0.2, 0.25) is 0 Å². The third-order valence-corrected chi connectivity index (χ3v) is 3.03. The Labute approximate surface area is 86.6 Å². The summed E-state index contributed by atoms with van der Waals surface area (Å²) in [6.45, 7) is 6.18. The van der Waals surface area contributed by atoms with Gasteiger partial charge in [0.15, 0.2) is 5.72 Å². The number of hydrogen-bond acceptors (Lipinski definition) is 3. The molecule has 14 heavy (non-hydrogen) atoms. The van der Waals surface area contributed by atoms with Gasteiger partial charge in [0, 0.05) is 0 Å². The molecule has 0 saturated heterocycles. The zero-order valence-electron chi connectivity index (χ0n) is 9.58. The van der Waals surface area contributed by atoms with E-state index < -0.39 is 5.72 Å². The summed E-state index contributed by atoms with van der Waals surface area (Å²) in [5.41, 5.74) is -0.988. The van der Waals surface area contributed by atoms with Gasteiger partial charge in [0.2, 0.25) is 0 Å². The Bertz CT molecular complexity index is 205. The van der Waals surface area contributed by atoms with Gasteiger partial charge >= 0.3 is 0 Å². The highest BCUT2D eigenvalue weighted by Gasteiger charge is 2.29. The molecule has 0 aromatic rings. The number of aliphatic hydroxyl groups is 1. The fourth-order valence-corrected chi connectivity index (χ4v) is 1.52. The van der Waals surface area contributed by atoms with Gasteiger partial charge in [0.25, 0.3) is 0 Å². The van der Waals surface area contributed by atoms with E-state index in [2.05, 4.69) is 17.2 Å². The Balaban J connectivity index is 2.56. The summed E-state index contributed by atoms with van der Waals surface area (Å²) in [5, 5.41) is 18.5. The minimum atomic E-state index is -0.856. The van der Waals surface area contributed by atoms with Crippen molar-refractivity contribution in [1.82, 2.24) is 0 Å². The van der Waals surface area contributed by atoms with Crippen LogP contribution in [0.4, 0.5) is 0 Å². The average molecular weight is 198 g/mol. The molecule has 0 radical (unpaired) electrons. The maximum absolute atomic E-state index is 10.1. The van der Waals surface area contributed by atoms with Crippen LogP contribution in [0.3, 0.4) is 0 Å². The monoisotopic (exact) mass is 198 g/mol. The molecule has 0 amide bonds. The van der Waals surface area contributed by atoms with Crippen LogP contribution in [-0.2, 0) is 0 Å². The summed E-state index contributed by atoms with van der Waals surface area (Å²) >= 11 is 0. The molecule has 0 aliphatic heterocycles. The fourth-order valence-electron chi connectivity index (χ4n) is 1.52. The van der Waals surface area contributed by atoms with Crippen LogP contribution in [0, 0.1) is 0 Å². The third kappa shape index (κ3) is 3.37. The molecule has 1 saturated carbocycles. The van der Waals surface area contributed by atoms with E-state index in [0.29, 0.717) is 0 Å². The second-order valence-corrected chi connectivity index (χ2v) is 4.91. The van der Waals surface area contributed by atoms with Crippen molar-refractivity contribution in [1.29, 1.82) is 0 Å². The number of hydrogen-bond donors (Lipinski definition) is 1. The first-order valence-corrected chi connectivity index (χ1v) is 5.64. The average Bonchev–Trinajstić information content (AvgIpc) is 2.17. The topological polar surface area (TPSA) is 45.0 Å². The van der Waals surface area contributed by atoms with Gasteiger partial charge in [-0.05, 0) is 46.0 Å². The molecule has 1 aliphatic carbocycles. The van der Waals surface area contributed by atoms with Crippen molar-refractivity contribution in [3.63, 3.8) is 0 Å². The SMILES string of the molecule is CCC(C)(C)/N=N/C1(O)CCCCC1. The number of nitrogens with zero attached hydrogens (tertiary/aromatic N) is 2. The molecule has 3 nitrogen and oxygen atoms in total. The molecular formula is C11H22N2O. The van der Waals surface area contributed by atoms with E-state index in [4.69, 9.17) is 0 Å². The van der Waals surface area contributed by atoms with Crippen LogP contribution in [-0.4, -0.2) is 16.4 Å². The summed E-state index contributed by atoms with van der Waals surface area (Å²) < 4.78 is 0. The van der Waals surface area contributed by atoms with Crippen molar-refractivity contribution in [3.8, 4) is 0 Å². The number of rotatable bonds is 3. The Hall–Kier alpha value is -0.440. The Morgan fingerprint density at radius 1 is 1.21 bits per heavy atom. The maximum Gasteiger partial charge on any atom is 0.176 e. The van der Waals surface area contributed by atoms with Crippen LogP contribution >= 0.6 is 0 Å². The second kappa shape index (κ2) is 4.39. The van der Waals surface area contributed by atoms with Crippen molar-refractivity contribution in [2.45, 2.75) is 70.6 Å². The smallest absolute Gasteiger partial charge is 0.176 e. The van der Waals surface area contributed by atoms with Crippen LogP contribution in [0.25, 0.3) is 0 Å². The van der Waals surface area contributed by atoms with Gasteiger partial charge in [0.05, 0.1) is 5.54 Å². The van der Waals surface area contributed by atoms with Crippen LogP contribution in [0.5, 0.6) is 0 Å². The Morgan fingerprint density at radius 3 is 2.29 bits per heavy atom. The molecule has 1 N–H and O–H groups in total. The Kier molecular flexibility index (Phi) is 3.65. The van der Waals surface area contributed by atoms with Gasteiger partial charge in [-0.2, -0.15) is 10.2 Å². The van der Waals surface area contributed by atoms with Gasteiger partial charge in [-0.25, -0.2) is 0 Å². The highest BCUT2D eigenvalue weighted by molar-refractivity contribution is 4.81. The van der Waals surface area contributed by atoms with E-state index in [-0.39, 0.29) is 5.54 Å². The minimum absolute atomic E-state index is 0.132. The van der Waals surface area contributed by atoms with Crippen LogP contribution in [0.1, 0.15) is 59.3 Å². The molecule has 0 aromatic carbocycles. The summed E-state index contributed by atoms with van der Waals surface area (Å²) in [6.07, 6.45) is 5.86. The quantitative estimate of drug-likeness (QED) is 0.695. The standard InChI is InChI=1S/C11H22N2O/c1-4-10(2,3)12-13-11(14)8-6-5-7-9-11/h14H,4-9H2,1-3H3/b13-12+. The Morgan fingerprint density at radius 2 is 1.79 bits per heavy atom. The van der Waals surface area contributed by atoms with Crippen molar-refractivity contribution in [3.05, 3.63) is 0 Å². The van der Waals surface area contributed by atoms with E-state index in [1.165, 1.54) is 6.42 Å². The minimum Gasteiger partial charge on any atom is -0.368 e. The normalized spacial score (nSPS) is 22.9.